The number of rotatable bonds is 12. The van der Waals surface area contributed by atoms with Gasteiger partial charge in [0.1, 0.15) is 11.8 Å². The zero-order valence-corrected chi connectivity index (χ0v) is 12.0. The number of ketones is 1. The minimum absolute atomic E-state index is 0.264. The van der Waals surface area contributed by atoms with Gasteiger partial charge in [-0.2, -0.15) is 11.8 Å². The summed E-state index contributed by atoms with van der Waals surface area (Å²) in [5.41, 5.74) is 5.36. The van der Waals surface area contributed by atoms with Crippen LogP contribution in [0.3, 0.4) is 0 Å². The summed E-state index contributed by atoms with van der Waals surface area (Å²) >= 11 is 1.48. The molecule has 0 aromatic carbocycles. The third-order valence-corrected chi connectivity index (χ3v) is 3.76. The first-order chi connectivity index (χ1) is 8.57. The Morgan fingerprint density at radius 3 is 2.50 bits per heavy atom. The van der Waals surface area contributed by atoms with Crippen molar-refractivity contribution in [3.05, 3.63) is 0 Å². The monoisotopic (exact) mass is 275 g/mol. The Hall–Kier alpha value is -0.550. The van der Waals surface area contributed by atoms with E-state index in [9.17, 15) is 9.59 Å². The molecule has 18 heavy (non-hydrogen) atoms. The van der Waals surface area contributed by atoms with Gasteiger partial charge in [0.25, 0.3) is 0 Å². The van der Waals surface area contributed by atoms with Gasteiger partial charge in [-0.15, -0.1) is 0 Å². The van der Waals surface area contributed by atoms with E-state index in [0.717, 1.165) is 12.8 Å². The van der Waals surface area contributed by atoms with Crippen LogP contribution in [0.4, 0.5) is 0 Å². The predicted molar refractivity (Wildman–Crippen MR) is 75.9 cm³/mol. The summed E-state index contributed by atoms with van der Waals surface area (Å²) in [6, 6.07) is -0.804. The molecule has 0 aromatic heterocycles. The van der Waals surface area contributed by atoms with Gasteiger partial charge in [-0.05, 0) is 18.6 Å². The molecule has 1 atom stereocenters. The molecule has 0 aromatic rings. The van der Waals surface area contributed by atoms with Crippen molar-refractivity contribution in [2.24, 2.45) is 5.73 Å². The third kappa shape index (κ3) is 10.6. The predicted octanol–water partition coefficient (Wildman–Crippen LogP) is 2.45. The molecule has 0 fully saturated rings. The Kier molecular flexibility index (Phi) is 11.2. The molecule has 0 spiro atoms. The second-order valence-corrected chi connectivity index (χ2v) is 5.59. The Labute approximate surface area is 114 Å². The largest absolute Gasteiger partial charge is 0.480 e. The summed E-state index contributed by atoms with van der Waals surface area (Å²) in [5.74, 6) is 0.410. The molecule has 0 radical (unpaired) electrons. The van der Waals surface area contributed by atoms with Crippen LogP contribution in [0.1, 0.15) is 51.9 Å². The highest BCUT2D eigenvalue weighted by Crippen LogP contribution is 2.09. The van der Waals surface area contributed by atoms with E-state index in [1.807, 2.05) is 0 Å². The average molecular weight is 275 g/mol. The first-order valence-corrected chi connectivity index (χ1v) is 7.81. The van der Waals surface area contributed by atoms with Gasteiger partial charge in [0.2, 0.25) is 0 Å². The minimum Gasteiger partial charge on any atom is -0.480 e. The van der Waals surface area contributed by atoms with Gasteiger partial charge in [0.15, 0.2) is 0 Å². The van der Waals surface area contributed by atoms with Crippen LogP contribution in [0.5, 0.6) is 0 Å². The number of carbonyl (C=O) groups is 2. The molecule has 0 saturated carbocycles. The van der Waals surface area contributed by atoms with Crippen LogP contribution in [0.25, 0.3) is 0 Å². The maximum absolute atomic E-state index is 11.5. The van der Waals surface area contributed by atoms with E-state index in [-0.39, 0.29) is 5.78 Å². The van der Waals surface area contributed by atoms with Crippen molar-refractivity contribution in [1.82, 2.24) is 0 Å². The molecule has 0 bridgehead atoms. The first kappa shape index (κ1) is 17.4. The average Bonchev–Trinajstić information content (AvgIpc) is 2.34. The highest BCUT2D eigenvalue weighted by atomic mass is 32.2. The van der Waals surface area contributed by atoms with Crippen LogP contribution in [0, 0.1) is 0 Å². The molecule has 0 aliphatic rings. The fraction of sp³-hybridized carbons (Fsp3) is 0.846. The lowest BCUT2D eigenvalue weighted by Crippen LogP contribution is -2.30. The van der Waals surface area contributed by atoms with Crippen LogP contribution < -0.4 is 5.73 Å². The summed E-state index contributed by atoms with van der Waals surface area (Å²) in [5, 5.41) is 8.58. The van der Waals surface area contributed by atoms with Crippen LogP contribution in [-0.4, -0.2) is 34.4 Å². The van der Waals surface area contributed by atoms with Crippen LogP contribution >= 0.6 is 11.8 Å². The summed E-state index contributed by atoms with van der Waals surface area (Å²) in [4.78, 5) is 21.9. The lowest BCUT2D eigenvalue weighted by molar-refractivity contribution is -0.138. The van der Waals surface area contributed by atoms with Crippen molar-refractivity contribution in [3.8, 4) is 0 Å². The minimum atomic E-state index is -0.974. The number of carbonyl (C=O) groups excluding carboxylic acids is 1. The summed E-state index contributed by atoms with van der Waals surface area (Å²) in [7, 11) is 0. The Balaban J connectivity index is 3.34. The summed E-state index contributed by atoms with van der Waals surface area (Å²) in [6.45, 7) is 2.17. The molecule has 3 N–H and O–H groups in total. The number of hydrogen-bond donors (Lipinski definition) is 2. The first-order valence-electron chi connectivity index (χ1n) is 6.65. The maximum Gasteiger partial charge on any atom is 0.320 e. The number of carboxylic acid groups (broad SMARTS) is 1. The van der Waals surface area contributed by atoms with Crippen molar-refractivity contribution in [2.45, 2.75) is 57.9 Å². The third-order valence-electron chi connectivity index (χ3n) is 2.71. The van der Waals surface area contributed by atoms with Crippen molar-refractivity contribution in [3.63, 3.8) is 0 Å². The van der Waals surface area contributed by atoms with Crippen molar-refractivity contribution in [2.75, 3.05) is 11.5 Å². The standard InChI is InChI=1S/C13H25NO3S/c1-2-3-4-5-6-7-11(15)10-18-9-8-12(14)13(16)17/h12H,2-10,14H2,1H3,(H,16,17)/t12-/m0/s1. The molecule has 106 valence electrons. The molecule has 0 heterocycles. The van der Waals surface area contributed by atoms with Crippen LogP contribution in [-0.2, 0) is 9.59 Å². The molecule has 0 rings (SSSR count). The smallest absolute Gasteiger partial charge is 0.320 e. The topological polar surface area (TPSA) is 80.4 Å². The fourth-order valence-electron chi connectivity index (χ4n) is 1.52. The Bertz CT molecular complexity index is 246. The van der Waals surface area contributed by atoms with E-state index < -0.39 is 12.0 Å². The number of aliphatic carboxylic acids is 1. The maximum atomic E-state index is 11.5. The zero-order chi connectivity index (χ0) is 13.8. The molecule has 0 saturated heterocycles. The highest BCUT2D eigenvalue weighted by molar-refractivity contribution is 7.99. The van der Waals surface area contributed by atoms with Crippen molar-refractivity contribution in [1.29, 1.82) is 0 Å². The number of unbranched alkanes of at least 4 members (excludes halogenated alkanes) is 4. The number of hydrogen-bond acceptors (Lipinski definition) is 4. The van der Waals surface area contributed by atoms with Gasteiger partial charge in [0, 0.05) is 6.42 Å². The quantitative estimate of drug-likeness (QED) is 0.535. The van der Waals surface area contributed by atoms with Gasteiger partial charge in [-0.1, -0.05) is 32.6 Å². The molecule has 0 amide bonds. The van der Waals surface area contributed by atoms with Gasteiger partial charge in [-0.3, -0.25) is 9.59 Å². The molecular formula is C13H25NO3S. The van der Waals surface area contributed by atoms with Crippen LogP contribution in [0.15, 0.2) is 0 Å². The van der Waals surface area contributed by atoms with Gasteiger partial charge < -0.3 is 10.8 Å². The van der Waals surface area contributed by atoms with E-state index in [1.54, 1.807) is 0 Å². The lowest BCUT2D eigenvalue weighted by atomic mass is 10.1. The fourth-order valence-corrected chi connectivity index (χ4v) is 2.45. The Morgan fingerprint density at radius 1 is 1.22 bits per heavy atom. The van der Waals surface area contributed by atoms with E-state index in [0.29, 0.717) is 24.3 Å². The molecule has 0 aliphatic heterocycles. The SMILES string of the molecule is CCCCCCCC(=O)CSCC[C@H](N)C(=O)O. The second kappa shape index (κ2) is 11.5. The molecule has 5 heteroatoms. The van der Waals surface area contributed by atoms with E-state index in [1.165, 1.54) is 31.0 Å². The summed E-state index contributed by atoms with van der Waals surface area (Å²) < 4.78 is 0. The zero-order valence-electron chi connectivity index (χ0n) is 11.2. The Morgan fingerprint density at radius 2 is 1.89 bits per heavy atom. The highest BCUT2D eigenvalue weighted by Gasteiger charge is 2.10. The van der Waals surface area contributed by atoms with Crippen LogP contribution in [0.2, 0.25) is 0 Å². The number of Topliss-reactive ketones (excluding diaryl/α,β-unsaturated/α-hetero) is 1. The van der Waals surface area contributed by atoms with E-state index in [4.69, 9.17) is 10.8 Å². The second-order valence-electron chi connectivity index (χ2n) is 4.49. The molecule has 0 unspecified atom stereocenters. The number of carboxylic acids is 1. The van der Waals surface area contributed by atoms with E-state index in [2.05, 4.69) is 6.92 Å². The summed E-state index contributed by atoms with van der Waals surface area (Å²) in [6.07, 6.45) is 6.86. The van der Waals surface area contributed by atoms with Gasteiger partial charge in [0.05, 0.1) is 5.75 Å². The molecule has 0 aliphatic carbocycles. The van der Waals surface area contributed by atoms with E-state index >= 15 is 0 Å². The number of nitrogens with two attached hydrogens (primary N) is 1. The number of thioether (sulfide) groups is 1. The molecular weight excluding hydrogens is 250 g/mol. The van der Waals surface area contributed by atoms with Crippen molar-refractivity contribution >= 4 is 23.5 Å². The van der Waals surface area contributed by atoms with Crippen molar-refractivity contribution < 1.29 is 14.7 Å². The lowest BCUT2D eigenvalue weighted by Gasteiger charge is -2.05. The van der Waals surface area contributed by atoms with Gasteiger partial charge in [-0.25, -0.2) is 0 Å². The molecule has 4 nitrogen and oxygen atoms in total. The van der Waals surface area contributed by atoms with Gasteiger partial charge >= 0.3 is 5.97 Å². The normalized spacial score (nSPS) is 12.3.